The van der Waals surface area contributed by atoms with Gasteiger partial charge in [-0.05, 0) is 49.0 Å². The van der Waals surface area contributed by atoms with Gasteiger partial charge in [-0.1, -0.05) is 18.2 Å². The van der Waals surface area contributed by atoms with Crippen molar-refractivity contribution in [2.24, 2.45) is 0 Å². The lowest BCUT2D eigenvalue weighted by Crippen LogP contribution is -2.34. The van der Waals surface area contributed by atoms with E-state index < -0.39 is 11.7 Å². The number of methoxy groups -OCH3 is 1. The highest BCUT2D eigenvalue weighted by atomic mass is 32.1. The molecule has 0 heterocycles. The predicted molar refractivity (Wildman–Crippen MR) is 105 cm³/mol. The summed E-state index contributed by atoms with van der Waals surface area (Å²) in [6.45, 7) is 1.07. The average Bonchev–Trinajstić information content (AvgIpc) is 2.65. The van der Waals surface area contributed by atoms with E-state index in [1.54, 1.807) is 37.4 Å². The van der Waals surface area contributed by atoms with Crippen molar-refractivity contribution < 1.29 is 18.7 Å². The molecule has 2 rings (SSSR count). The number of nitrogens with one attached hydrogen (secondary N) is 3. The number of benzene rings is 2. The van der Waals surface area contributed by atoms with Gasteiger partial charge in [-0.15, -0.1) is 0 Å². The maximum absolute atomic E-state index is 13.6. The second-order valence-corrected chi connectivity index (χ2v) is 5.98. The predicted octanol–water partition coefficient (Wildman–Crippen LogP) is 2.72. The van der Waals surface area contributed by atoms with Gasteiger partial charge in [-0.2, -0.15) is 0 Å². The minimum absolute atomic E-state index is 0.000839. The number of hydrogen-bond donors (Lipinski definition) is 3. The molecule has 2 amide bonds. The normalized spacial score (nSPS) is 10.1. The van der Waals surface area contributed by atoms with Crippen molar-refractivity contribution in [3.05, 3.63) is 65.5 Å². The Bertz CT molecular complexity index is 829. The van der Waals surface area contributed by atoms with Crippen LogP contribution in [0.4, 0.5) is 10.1 Å². The highest BCUT2D eigenvalue weighted by Crippen LogP contribution is 2.11. The number of anilines is 1. The van der Waals surface area contributed by atoms with E-state index in [0.29, 0.717) is 30.8 Å². The summed E-state index contributed by atoms with van der Waals surface area (Å²) in [5, 5.41) is 8.00. The summed E-state index contributed by atoms with van der Waals surface area (Å²) in [6.07, 6.45) is 0.715. The van der Waals surface area contributed by atoms with Crippen LogP contribution in [0.15, 0.2) is 48.5 Å². The van der Waals surface area contributed by atoms with Crippen LogP contribution in [0.25, 0.3) is 0 Å². The number of hydrogen-bond acceptors (Lipinski definition) is 4. The molecule has 27 heavy (non-hydrogen) atoms. The Labute approximate surface area is 162 Å². The first kappa shape index (κ1) is 20.5. The molecule has 2 aromatic carbocycles. The summed E-state index contributed by atoms with van der Waals surface area (Å²) in [4.78, 5) is 24.2. The van der Waals surface area contributed by atoms with Crippen molar-refractivity contribution in [2.75, 3.05) is 25.6 Å². The molecule has 0 fully saturated rings. The molecular weight excluding hydrogens is 369 g/mol. The van der Waals surface area contributed by atoms with Crippen LogP contribution in [-0.4, -0.2) is 37.2 Å². The van der Waals surface area contributed by atoms with Crippen LogP contribution >= 0.6 is 12.2 Å². The van der Waals surface area contributed by atoms with Gasteiger partial charge in [0.25, 0.3) is 11.8 Å². The van der Waals surface area contributed by atoms with Crippen LogP contribution in [0, 0.1) is 5.82 Å². The lowest BCUT2D eigenvalue weighted by molar-refractivity contribution is 0.0946. The van der Waals surface area contributed by atoms with Gasteiger partial charge in [-0.3, -0.25) is 14.9 Å². The summed E-state index contributed by atoms with van der Waals surface area (Å²) >= 11 is 5.08. The van der Waals surface area contributed by atoms with E-state index in [9.17, 15) is 14.0 Å². The topological polar surface area (TPSA) is 79.5 Å². The standard InChI is InChI=1S/C19H20FN3O3S/c1-26-11-5-10-21-17(24)13-6-4-7-14(12-13)22-19(27)23-18(25)15-8-2-3-9-16(15)20/h2-4,6-9,12H,5,10-11H2,1H3,(H,21,24)(H2,22,23,25,27). The van der Waals surface area contributed by atoms with Crippen molar-refractivity contribution in [2.45, 2.75) is 6.42 Å². The van der Waals surface area contributed by atoms with Crippen LogP contribution in [0.2, 0.25) is 0 Å². The molecule has 6 nitrogen and oxygen atoms in total. The van der Waals surface area contributed by atoms with Gasteiger partial charge in [0.05, 0.1) is 5.56 Å². The number of rotatable bonds is 7. The van der Waals surface area contributed by atoms with E-state index in [0.717, 1.165) is 0 Å². The van der Waals surface area contributed by atoms with Gasteiger partial charge >= 0.3 is 0 Å². The van der Waals surface area contributed by atoms with Crippen LogP contribution in [0.3, 0.4) is 0 Å². The lowest BCUT2D eigenvalue weighted by atomic mass is 10.2. The zero-order valence-electron chi connectivity index (χ0n) is 14.8. The summed E-state index contributed by atoms with van der Waals surface area (Å²) in [6, 6.07) is 12.3. The van der Waals surface area contributed by atoms with E-state index in [4.69, 9.17) is 17.0 Å². The molecule has 0 bridgehead atoms. The monoisotopic (exact) mass is 389 g/mol. The maximum Gasteiger partial charge on any atom is 0.260 e. The molecule has 0 aliphatic rings. The fraction of sp³-hybridized carbons (Fsp3) is 0.211. The van der Waals surface area contributed by atoms with E-state index in [2.05, 4.69) is 16.0 Å². The Morgan fingerprint density at radius 1 is 1.11 bits per heavy atom. The molecular formula is C19H20FN3O3S. The molecule has 0 spiro atoms. The van der Waals surface area contributed by atoms with Crippen molar-refractivity contribution >= 4 is 34.8 Å². The molecule has 0 radical (unpaired) electrons. The fourth-order valence-corrected chi connectivity index (χ4v) is 2.45. The van der Waals surface area contributed by atoms with E-state index in [-0.39, 0.29) is 16.6 Å². The molecule has 0 aliphatic heterocycles. The second kappa shape index (κ2) is 10.3. The first-order chi connectivity index (χ1) is 13.0. The van der Waals surface area contributed by atoms with Crippen molar-refractivity contribution in [1.29, 1.82) is 0 Å². The van der Waals surface area contributed by atoms with E-state index >= 15 is 0 Å². The van der Waals surface area contributed by atoms with Crippen molar-refractivity contribution in [1.82, 2.24) is 10.6 Å². The van der Waals surface area contributed by atoms with E-state index in [1.165, 1.54) is 18.2 Å². The minimum Gasteiger partial charge on any atom is -0.385 e. The molecule has 0 aliphatic carbocycles. The summed E-state index contributed by atoms with van der Waals surface area (Å²) in [7, 11) is 1.60. The highest BCUT2D eigenvalue weighted by Gasteiger charge is 2.13. The largest absolute Gasteiger partial charge is 0.385 e. The first-order valence-electron chi connectivity index (χ1n) is 8.25. The van der Waals surface area contributed by atoms with Gasteiger partial charge < -0.3 is 15.4 Å². The lowest BCUT2D eigenvalue weighted by Gasteiger charge is -2.11. The number of carbonyl (C=O) groups is 2. The van der Waals surface area contributed by atoms with E-state index in [1.807, 2.05) is 0 Å². The number of halogens is 1. The third kappa shape index (κ3) is 6.43. The number of thiocarbonyl (C=S) groups is 1. The van der Waals surface area contributed by atoms with Crippen molar-refractivity contribution in [3.63, 3.8) is 0 Å². The Morgan fingerprint density at radius 2 is 1.89 bits per heavy atom. The molecule has 0 saturated heterocycles. The van der Waals surface area contributed by atoms with Crippen LogP contribution < -0.4 is 16.0 Å². The Morgan fingerprint density at radius 3 is 2.63 bits per heavy atom. The molecule has 3 N–H and O–H groups in total. The fourth-order valence-electron chi connectivity index (χ4n) is 2.24. The van der Waals surface area contributed by atoms with Gasteiger partial charge in [0.1, 0.15) is 5.82 Å². The highest BCUT2D eigenvalue weighted by molar-refractivity contribution is 7.80. The molecule has 142 valence electrons. The molecule has 0 atom stereocenters. The summed E-state index contributed by atoms with van der Waals surface area (Å²) < 4.78 is 18.6. The Hall–Kier alpha value is -2.84. The van der Waals surface area contributed by atoms with Gasteiger partial charge in [0.2, 0.25) is 0 Å². The van der Waals surface area contributed by atoms with Gasteiger partial charge in [0.15, 0.2) is 5.11 Å². The van der Waals surface area contributed by atoms with Gasteiger partial charge in [0, 0.05) is 31.5 Å². The van der Waals surface area contributed by atoms with Crippen LogP contribution in [0.5, 0.6) is 0 Å². The molecule has 8 heteroatoms. The quantitative estimate of drug-likeness (QED) is 0.501. The first-order valence-corrected chi connectivity index (χ1v) is 8.66. The maximum atomic E-state index is 13.6. The Balaban J connectivity index is 1.93. The van der Waals surface area contributed by atoms with Crippen molar-refractivity contribution in [3.8, 4) is 0 Å². The summed E-state index contributed by atoms with van der Waals surface area (Å²) in [5.41, 5.74) is 0.866. The SMILES string of the molecule is COCCCNC(=O)c1cccc(NC(=S)NC(=O)c2ccccc2F)c1. The second-order valence-electron chi connectivity index (χ2n) is 5.57. The van der Waals surface area contributed by atoms with Crippen LogP contribution in [0.1, 0.15) is 27.1 Å². The zero-order valence-corrected chi connectivity index (χ0v) is 15.6. The average molecular weight is 389 g/mol. The number of amides is 2. The van der Waals surface area contributed by atoms with Crippen LogP contribution in [-0.2, 0) is 4.74 Å². The summed E-state index contributed by atoms with van der Waals surface area (Å²) in [5.74, 6) is -1.52. The van der Waals surface area contributed by atoms with Gasteiger partial charge in [-0.25, -0.2) is 4.39 Å². The number of carbonyl (C=O) groups excluding carboxylic acids is 2. The molecule has 0 saturated carbocycles. The third-order valence-corrected chi connectivity index (χ3v) is 3.74. The smallest absolute Gasteiger partial charge is 0.260 e. The molecule has 2 aromatic rings. The molecule has 0 unspecified atom stereocenters. The third-order valence-electron chi connectivity index (χ3n) is 3.54. The molecule has 0 aromatic heterocycles. The zero-order chi connectivity index (χ0) is 19.6. The minimum atomic E-state index is -0.655. The number of ether oxygens (including phenoxy) is 1. The Kier molecular flexibility index (Phi) is 7.84.